The summed E-state index contributed by atoms with van der Waals surface area (Å²) in [6.07, 6.45) is 0.918. The second-order valence-electron chi connectivity index (χ2n) is 4.30. The molecule has 0 N–H and O–H groups in total. The number of esters is 1. The summed E-state index contributed by atoms with van der Waals surface area (Å²) in [6.45, 7) is 2.76. The van der Waals surface area contributed by atoms with Crippen molar-refractivity contribution in [3.05, 3.63) is 24.0 Å². The van der Waals surface area contributed by atoms with Crippen LogP contribution in [0.5, 0.6) is 5.75 Å². The van der Waals surface area contributed by atoms with E-state index in [0.29, 0.717) is 18.2 Å². The Morgan fingerprint density at radius 2 is 2.25 bits per heavy atom. The van der Waals surface area contributed by atoms with Crippen LogP contribution in [0.4, 0.5) is 0 Å². The molecule has 0 aliphatic rings. The Hall–Kier alpha value is -1.75. The van der Waals surface area contributed by atoms with E-state index in [9.17, 15) is 4.79 Å². The van der Waals surface area contributed by atoms with Crippen molar-refractivity contribution in [3.63, 3.8) is 0 Å². The van der Waals surface area contributed by atoms with E-state index in [1.807, 2.05) is 25.1 Å². The van der Waals surface area contributed by atoms with Gasteiger partial charge >= 0.3 is 5.97 Å². The Morgan fingerprint density at radius 1 is 1.45 bits per heavy atom. The van der Waals surface area contributed by atoms with Gasteiger partial charge in [-0.1, -0.05) is 13.0 Å². The van der Waals surface area contributed by atoms with Crippen molar-refractivity contribution in [2.24, 2.45) is 0 Å². The van der Waals surface area contributed by atoms with Crippen LogP contribution < -0.4 is 4.74 Å². The van der Waals surface area contributed by atoms with E-state index in [0.717, 1.165) is 17.5 Å². The molecule has 0 bridgehead atoms. The molecule has 0 spiro atoms. The van der Waals surface area contributed by atoms with Gasteiger partial charge in [-0.25, -0.2) is 4.98 Å². The van der Waals surface area contributed by atoms with Gasteiger partial charge in [0.25, 0.3) is 0 Å². The topological polar surface area (TPSA) is 53.4 Å². The molecule has 20 heavy (non-hydrogen) atoms. The van der Waals surface area contributed by atoms with Crippen LogP contribution in [0.15, 0.2) is 18.2 Å². The predicted octanol–water partition coefficient (Wildman–Crippen LogP) is 2.74. The molecule has 1 aromatic carbocycles. The van der Waals surface area contributed by atoms with Crippen LogP contribution in [0.25, 0.3) is 11.0 Å². The minimum atomic E-state index is -0.337. The number of carbonyl (C=O) groups excluding carboxylic acids is 1. The lowest BCUT2D eigenvalue weighted by Gasteiger charge is -2.07. The number of nitrogens with zero attached hydrogens (tertiary/aromatic N) is 2. The number of para-hydroxylation sites is 1. The molecule has 0 unspecified atom stereocenters. The van der Waals surface area contributed by atoms with Gasteiger partial charge in [-0.15, -0.1) is 11.6 Å². The summed E-state index contributed by atoms with van der Waals surface area (Å²) < 4.78 is 12.1. The molecule has 0 saturated carbocycles. The predicted molar refractivity (Wildman–Crippen MR) is 77.1 cm³/mol. The van der Waals surface area contributed by atoms with E-state index in [1.54, 1.807) is 4.57 Å². The number of alkyl halides is 1. The molecule has 6 heteroatoms. The second kappa shape index (κ2) is 6.61. The van der Waals surface area contributed by atoms with E-state index in [4.69, 9.17) is 21.1 Å². The molecule has 2 aromatic rings. The second-order valence-corrected chi connectivity index (χ2v) is 4.56. The Balaban J connectivity index is 2.48. The van der Waals surface area contributed by atoms with Crippen molar-refractivity contribution in [3.8, 4) is 5.75 Å². The first-order valence-electron chi connectivity index (χ1n) is 6.45. The molecule has 1 heterocycles. The fourth-order valence-electron chi connectivity index (χ4n) is 1.97. The summed E-state index contributed by atoms with van der Waals surface area (Å²) in [6, 6.07) is 5.63. The number of ether oxygens (including phenoxy) is 2. The highest BCUT2D eigenvalue weighted by atomic mass is 35.5. The lowest BCUT2D eigenvalue weighted by Crippen LogP contribution is -2.13. The number of fused-ring (bicyclic) bond motifs is 1. The van der Waals surface area contributed by atoms with Gasteiger partial charge in [-0.2, -0.15) is 0 Å². The number of hydrogen-bond donors (Lipinski definition) is 0. The highest BCUT2D eigenvalue weighted by molar-refractivity contribution is 6.17. The molecule has 0 aliphatic carbocycles. The zero-order valence-electron chi connectivity index (χ0n) is 11.6. The van der Waals surface area contributed by atoms with Gasteiger partial charge in [-0.05, 0) is 18.6 Å². The number of methoxy groups -OCH3 is 1. The van der Waals surface area contributed by atoms with Crippen LogP contribution in [0.1, 0.15) is 19.2 Å². The highest BCUT2D eigenvalue weighted by Crippen LogP contribution is 2.27. The summed E-state index contributed by atoms with van der Waals surface area (Å²) in [5, 5.41) is 0. The molecular weight excluding hydrogens is 280 g/mol. The number of hydrogen-bond acceptors (Lipinski definition) is 4. The minimum absolute atomic E-state index is 0.0896. The highest BCUT2D eigenvalue weighted by Gasteiger charge is 2.16. The summed E-state index contributed by atoms with van der Waals surface area (Å²) >= 11 is 5.91. The molecular formula is C14H17ClN2O3. The van der Waals surface area contributed by atoms with E-state index < -0.39 is 0 Å². The van der Waals surface area contributed by atoms with Crippen molar-refractivity contribution >= 4 is 28.6 Å². The molecule has 2 rings (SSSR count). The molecule has 108 valence electrons. The van der Waals surface area contributed by atoms with E-state index in [1.165, 1.54) is 7.11 Å². The van der Waals surface area contributed by atoms with Crippen molar-refractivity contribution in [1.29, 1.82) is 0 Å². The first-order valence-corrected chi connectivity index (χ1v) is 6.98. The average molecular weight is 297 g/mol. The van der Waals surface area contributed by atoms with E-state index >= 15 is 0 Å². The van der Waals surface area contributed by atoms with Crippen molar-refractivity contribution < 1.29 is 14.3 Å². The van der Waals surface area contributed by atoms with Crippen LogP contribution in [0.3, 0.4) is 0 Å². The molecule has 0 fully saturated rings. The number of rotatable bonds is 6. The number of carbonyl (C=O) groups is 1. The van der Waals surface area contributed by atoms with Crippen molar-refractivity contribution in [2.45, 2.75) is 25.8 Å². The number of aromatic nitrogens is 2. The number of imidazole rings is 1. The zero-order valence-corrected chi connectivity index (χ0v) is 12.3. The van der Waals surface area contributed by atoms with Gasteiger partial charge < -0.3 is 14.0 Å². The minimum Gasteiger partial charge on any atom is -0.491 e. The SMILES string of the molecule is CCCOc1cccc2c1nc(CCl)n2CC(=O)OC. The fraction of sp³-hybridized carbons (Fsp3) is 0.429. The Bertz CT molecular complexity index is 610. The number of halogens is 1. The Morgan fingerprint density at radius 3 is 2.90 bits per heavy atom. The standard InChI is InChI=1S/C14H17ClN2O3/c1-3-7-20-11-6-4-5-10-14(11)16-12(8-15)17(10)9-13(18)19-2/h4-6H,3,7-9H2,1-2H3. The summed E-state index contributed by atoms with van der Waals surface area (Å²) in [5.41, 5.74) is 1.54. The van der Waals surface area contributed by atoms with Crippen LogP contribution in [-0.4, -0.2) is 29.2 Å². The van der Waals surface area contributed by atoms with Gasteiger partial charge in [0.05, 0.1) is 25.1 Å². The van der Waals surface area contributed by atoms with E-state index in [-0.39, 0.29) is 18.4 Å². The average Bonchev–Trinajstić information content (AvgIpc) is 2.83. The third-order valence-electron chi connectivity index (χ3n) is 2.92. The van der Waals surface area contributed by atoms with Gasteiger partial charge in [0.2, 0.25) is 0 Å². The third-order valence-corrected chi connectivity index (χ3v) is 3.16. The molecule has 5 nitrogen and oxygen atoms in total. The molecule has 0 atom stereocenters. The van der Waals surface area contributed by atoms with Gasteiger partial charge in [0, 0.05) is 0 Å². The first-order chi connectivity index (χ1) is 9.71. The van der Waals surface area contributed by atoms with Crippen molar-refractivity contribution in [1.82, 2.24) is 9.55 Å². The molecule has 1 aromatic heterocycles. The molecule has 0 amide bonds. The monoisotopic (exact) mass is 296 g/mol. The Kier molecular flexibility index (Phi) is 4.84. The van der Waals surface area contributed by atoms with Crippen molar-refractivity contribution in [2.75, 3.05) is 13.7 Å². The first kappa shape index (κ1) is 14.7. The fourth-order valence-corrected chi connectivity index (χ4v) is 2.17. The van der Waals surface area contributed by atoms with E-state index in [2.05, 4.69) is 4.98 Å². The smallest absolute Gasteiger partial charge is 0.325 e. The molecule has 0 radical (unpaired) electrons. The maximum atomic E-state index is 11.5. The van der Waals surface area contributed by atoms with Crippen LogP contribution in [-0.2, 0) is 22.0 Å². The maximum absolute atomic E-state index is 11.5. The zero-order chi connectivity index (χ0) is 14.5. The third kappa shape index (κ3) is 2.88. The number of benzene rings is 1. The molecule has 0 aliphatic heterocycles. The van der Waals surface area contributed by atoms with Crippen LogP contribution in [0, 0.1) is 0 Å². The lowest BCUT2D eigenvalue weighted by atomic mass is 10.3. The summed E-state index contributed by atoms with van der Waals surface area (Å²) in [5.74, 6) is 1.22. The van der Waals surface area contributed by atoms with Gasteiger partial charge in [-0.3, -0.25) is 4.79 Å². The normalized spacial score (nSPS) is 10.8. The summed E-state index contributed by atoms with van der Waals surface area (Å²) in [4.78, 5) is 16.0. The Labute approximate surface area is 122 Å². The quantitative estimate of drug-likeness (QED) is 0.607. The van der Waals surface area contributed by atoms with Gasteiger partial charge in [0.1, 0.15) is 23.6 Å². The lowest BCUT2D eigenvalue weighted by molar-refractivity contribution is -0.141. The van der Waals surface area contributed by atoms with Gasteiger partial charge in [0.15, 0.2) is 0 Å². The molecule has 0 saturated heterocycles. The van der Waals surface area contributed by atoms with Crippen LogP contribution >= 0.6 is 11.6 Å². The maximum Gasteiger partial charge on any atom is 0.325 e. The summed E-state index contributed by atoms with van der Waals surface area (Å²) in [7, 11) is 1.36. The largest absolute Gasteiger partial charge is 0.491 e. The van der Waals surface area contributed by atoms with Crippen LogP contribution in [0.2, 0.25) is 0 Å².